The van der Waals surface area contributed by atoms with E-state index in [1.165, 1.54) is 32.4 Å². The number of methoxy groups -OCH3 is 2. The lowest BCUT2D eigenvalue weighted by Gasteiger charge is -2.15. The number of hydrogen-bond donors (Lipinski definition) is 1. The predicted octanol–water partition coefficient (Wildman–Crippen LogP) is 1.16. The highest BCUT2D eigenvalue weighted by Gasteiger charge is 2.18. The maximum atomic E-state index is 11.7. The van der Waals surface area contributed by atoms with Crippen molar-refractivity contribution < 1.29 is 28.6 Å². The summed E-state index contributed by atoms with van der Waals surface area (Å²) < 4.78 is 14.7. The van der Waals surface area contributed by atoms with Gasteiger partial charge in [-0.2, -0.15) is 0 Å². The van der Waals surface area contributed by atoms with Crippen molar-refractivity contribution >= 4 is 17.8 Å². The predicted molar refractivity (Wildman–Crippen MR) is 77.9 cm³/mol. The van der Waals surface area contributed by atoms with Gasteiger partial charge < -0.3 is 19.5 Å². The molecule has 0 unspecified atom stereocenters. The Kier molecular flexibility index (Phi) is 6.37. The number of nitrogens with one attached hydrogen (secondary N) is 1. The Morgan fingerprint density at radius 3 is 1.95 bits per heavy atom. The van der Waals surface area contributed by atoms with Gasteiger partial charge in [-0.15, -0.1) is 0 Å². The topological polar surface area (TPSA) is 90.9 Å². The van der Waals surface area contributed by atoms with E-state index in [-0.39, 0.29) is 22.8 Å². The van der Waals surface area contributed by atoms with Crippen molar-refractivity contribution in [2.24, 2.45) is 0 Å². The molecule has 1 rings (SSSR count). The Bertz CT molecular complexity index is 535. The number of ether oxygens (including phenoxy) is 3. The van der Waals surface area contributed by atoms with Gasteiger partial charge >= 0.3 is 11.9 Å². The molecule has 0 aliphatic rings. The first kappa shape index (κ1) is 17.5. The molecule has 0 aromatic heterocycles. The summed E-state index contributed by atoms with van der Waals surface area (Å²) in [4.78, 5) is 35.0. The van der Waals surface area contributed by atoms with Crippen LogP contribution in [0, 0.1) is 0 Å². The third-order valence-electron chi connectivity index (χ3n) is 2.78. The van der Waals surface area contributed by atoms with Crippen LogP contribution in [0.5, 0.6) is 5.75 Å². The van der Waals surface area contributed by atoms with Crippen LogP contribution >= 0.6 is 0 Å². The molecule has 1 amide bonds. The van der Waals surface area contributed by atoms with Gasteiger partial charge in [-0.05, 0) is 32.0 Å². The van der Waals surface area contributed by atoms with Crippen molar-refractivity contribution in [1.82, 2.24) is 5.32 Å². The van der Waals surface area contributed by atoms with Gasteiger partial charge in [0.1, 0.15) is 5.75 Å². The van der Waals surface area contributed by atoms with Gasteiger partial charge in [0.25, 0.3) is 5.91 Å². The van der Waals surface area contributed by atoms with Crippen LogP contribution in [0.1, 0.15) is 34.6 Å². The van der Waals surface area contributed by atoms with Gasteiger partial charge in [0.05, 0.1) is 25.3 Å². The van der Waals surface area contributed by atoms with E-state index < -0.39 is 18.0 Å². The summed E-state index contributed by atoms with van der Waals surface area (Å²) in [5.41, 5.74) is 0.256. The fourth-order valence-corrected chi connectivity index (χ4v) is 1.71. The molecule has 7 heteroatoms. The van der Waals surface area contributed by atoms with Crippen molar-refractivity contribution in [3.05, 3.63) is 29.3 Å². The minimum absolute atomic E-state index is 0.128. The molecule has 0 saturated carbocycles. The quantitative estimate of drug-likeness (QED) is 0.793. The second kappa shape index (κ2) is 8.02. The van der Waals surface area contributed by atoms with E-state index in [1.807, 2.05) is 0 Å². The number of amides is 1. The van der Waals surface area contributed by atoms with E-state index in [4.69, 9.17) is 4.74 Å². The van der Waals surface area contributed by atoms with Crippen LogP contribution < -0.4 is 10.1 Å². The number of carbonyl (C=O) groups is 3. The smallest absolute Gasteiger partial charge is 0.338 e. The van der Waals surface area contributed by atoms with E-state index in [2.05, 4.69) is 14.8 Å². The minimum Gasteiger partial charge on any atom is -0.481 e. The maximum Gasteiger partial charge on any atom is 0.338 e. The van der Waals surface area contributed by atoms with Crippen molar-refractivity contribution in [2.45, 2.75) is 20.0 Å². The fourth-order valence-electron chi connectivity index (χ4n) is 1.71. The summed E-state index contributed by atoms with van der Waals surface area (Å²) in [6, 6.07) is 4.13. The minimum atomic E-state index is -0.779. The summed E-state index contributed by atoms with van der Waals surface area (Å²) in [7, 11) is 2.45. The molecule has 0 spiro atoms. The molecule has 1 aromatic carbocycles. The number of hydrogen-bond acceptors (Lipinski definition) is 6. The number of benzene rings is 1. The third kappa shape index (κ3) is 4.47. The molecule has 0 saturated heterocycles. The lowest BCUT2D eigenvalue weighted by molar-refractivity contribution is -0.127. The van der Waals surface area contributed by atoms with E-state index in [1.54, 1.807) is 13.8 Å². The molecule has 7 nitrogen and oxygen atoms in total. The fraction of sp³-hybridized carbons (Fsp3) is 0.400. The first-order chi connectivity index (χ1) is 10.4. The summed E-state index contributed by atoms with van der Waals surface area (Å²) >= 11 is 0. The maximum absolute atomic E-state index is 11.7. The number of carbonyl (C=O) groups excluding carboxylic acids is 3. The molecule has 0 radical (unpaired) electrons. The first-order valence-corrected chi connectivity index (χ1v) is 6.69. The molecule has 0 aliphatic carbocycles. The average Bonchev–Trinajstić information content (AvgIpc) is 2.52. The van der Waals surface area contributed by atoms with Gasteiger partial charge in [-0.25, -0.2) is 9.59 Å². The van der Waals surface area contributed by atoms with Crippen molar-refractivity contribution in [1.29, 1.82) is 0 Å². The van der Waals surface area contributed by atoms with Crippen LogP contribution in [-0.2, 0) is 14.3 Å². The summed E-state index contributed by atoms with van der Waals surface area (Å²) in [5.74, 6) is -1.35. The third-order valence-corrected chi connectivity index (χ3v) is 2.78. The van der Waals surface area contributed by atoms with E-state index in [9.17, 15) is 14.4 Å². The number of esters is 2. The second-order valence-electron chi connectivity index (χ2n) is 4.38. The molecular weight excluding hydrogens is 290 g/mol. The van der Waals surface area contributed by atoms with Crippen molar-refractivity contribution in [2.75, 3.05) is 20.8 Å². The molecule has 0 aliphatic heterocycles. The average molecular weight is 309 g/mol. The van der Waals surface area contributed by atoms with Crippen molar-refractivity contribution in [3.8, 4) is 5.75 Å². The Morgan fingerprint density at radius 1 is 1.05 bits per heavy atom. The van der Waals surface area contributed by atoms with Crippen LogP contribution in [-0.4, -0.2) is 44.7 Å². The van der Waals surface area contributed by atoms with Crippen molar-refractivity contribution in [3.63, 3.8) is 0 Å². The van der Waals surface area contributed by atoms with Gasteiger partial charge in [-0.1, -0.05) is 0 Å². The van der Waals surface area contributed by atoms with Crippen LogP contribution in [0.25, 0.3) is 0 Å². The number of likely N-dealkylation sites (N-methyl/N-ethyl adjacent to an activating group) is 1. The summed E-state index contributed by atoms with van der Waals surface area (Å²) in [6.07, 6.45) is -0.779. The monoisotopic (exact) mass is 309 g/mol. The molecular formula is C15H19NO6. The van der Waals surface area contributed by atoms with E-state index >= 15 is 0 Å². The number of rotatable bonds is 6. The zero-order valence-electron chi connectivity index (χ0n) is 13.0. The zero-order chi connectivity index (χ0) is 16.7. The zero-order valence-corrected chi connectivity index (χ0v) is 13.0. The Hall–Kier alpha value is -2.57. The van der Waals surface area contributed by atoms with Crippen LogP contribution in [0.4, 0.5) is 0 Å². The lowest BCUT2D eigenvalue weighted by atomic mass is 10.1. The van der Waals surface area contributed by atoms with Crippen LogP contribution in [0.2, 0.25) is 0 Å². The molecule has 1 aromatic rings. The Balaban J connectivity index is 3.09. The van der Waals surface area contributed by atoms with Gasteiger partial charge in [0.15, 0.2) is 6.10 Å². The van der Waals surface area contributed by atoms with E-state index in [0.29, 0.717) is 6.54 Å². The summed E-state index contributed by atoms with van der Waals surface area (Å²) in [6.45, 7) is 3.83. The van der Waals surface area contributed by atoms with Crippen LogP contribution in [0.3, 0.4) is 0 Å². The van der Waals surface area contributed by atoms with Crippen LogP contribution in [0.15, 0.2) is 18.2 Å². The van der Waals surface area contributed by atoms with Gasteiger partial charge in [-0.3, -0.25) is 4.79 Å². The highest BCUT2D eigenvalue weighted by molar-refractivity contribution is 5.96. The molecule has 0 fully saturated rings. The molecule has 120 valence electrons. The van der Waals surface area contributed by atoms with E-state index in [0.717, 1.165) is 0 Å². The molecule has 0 bridgehead atoms. The normalized spacial score (nSPS) is 11.3. The second-order valence-corrected chi connectivity index (χ2v) is 4.38. The highest BCUT2D eigenvalue weighted by Crippen LogP contribution is 2.20. The molecule has 0 heterocycles. The summed E-state index contributed by atoms with van der Waals surface area (Å²) in [5, 5.41) is 2.62. The molecule has 1 N–H and O–H groups in total. The highest BCUT2D eigenvalue weighted by atomic mass is 16.5. The van der Waals surface area contributed by atoms with Gasteiger partial charge in [0.2, 0.25) is 0 Å². The standard InChI is InChI=1S/C15H19NO6/c1-5-16-13(17)9(2)22-12-7-10(14(18)20-3)6-11(8-12)15(19)21-4/h6-9H,5H2,1-4H3,(H,16,17)/t9-/m0/s1. The SMILES string of the molecule is CCNC(=O)[C@H](C)Oc1cc(C(=O)OC)cc(C(=O)OC)c1. The Morgan fingerprint density at radius 2 is 1.55 bits per heavy atom. The largest absolute Gasteiger partial charge is 0.481 e. The van der Waals surface area contributed by atoms with Gasteiger partial charge in [0, 0.05) is 6.54 Å². The first-order valence-electron chi connectivity index (χ1n) is 6.69. The Labute approximate surface area is 128 Å². The molecule has 22 heavy (non-hydrogen) atoms. The lowest BCUT2D eigenvalue weighted by Crippen LogP contribution is -2.36. The molecule has 1 atom stereocenters.